The molecule has 0 radical (unpaired) electrons. The van der Waals surface area contributed by atoms with E-state index in [0.717, 1.165) is 32.1 Å². The van der Waals surface area contributed by atoms with Crippen molar-refractivity contribution >= 4 is 27.2 Å². The van der Waals surface area contributed by atoms with Crippen molar-refractivity contribution < 1.29 is 8.81 Å². The SMILES string of the molecule is Cc1c(C[C@@H](N)CCF)sc2c(NCc3ccco3)cnnc12. The molecule has 3 aromatic rings. The minimum Gasteiger partial charge on any atom is -0.467 e. The molecule has 0 saturated carbocycles. The lowest BCUT2D eigenvalue weighted by Crippen LogP contribution is -2.23. The minimum atomic E-state index is -0.388. The van der Waals surface area contributed by atoms with E-state index in [9.17, 15) is 4.39 Å². The Morgan fingerprint density at radius 3 is 3.09 bits per heavy atom. The summed E-state index contributed by atoms with van der Waals surface area (Å²) in [7, 11) is 0. The third kappa shape index (κ3) is 3.51. The Morgan fingerprint density at radius 1 is 1.48 bits per heavy atom. The summed E-state index contributed by atoms with van der Waals surface area (Å²) in [6.07, 6.45) is 4.40. The molecule has 0 amide bonds. The van der Waals surface area contributed by atoms with E-state index in [-0.39, 0.29) is 12.7 Å². The van der Waals surface area contributed by atoms with E-state index in [1.165, 1.54) is 0 Å². The molecule has 0 aromatic carbocycles. The number of aromatic nitrogens is 2. The van der Waals surface area contributed by atoms with Gasteiger partial charge < -0.3 is 15.5 Å². The van der Waals surface area contributed by atoms with Gasteiger partial charge in [-0.2, -0.15) is 5.10 Å². The topological polar surface area (TPSA) is 77.0 Å². The van der Waals surface area contributed by atoms with Crippen molar-refractivity contribution in [2.75, 3.05) is 12.0 Å². The third-order valence-corrected chi connectivity index (χ3v) is 5.10. The summed E-state index contributed by atoms with van der Waals surface area (Å²) in [5.41, 5.74) is 8.85. The first-order valence-electron chi connectivity index (χ1n) is 7.50. The highest BCUT2D eigenvalue weighted by molar-refractivity contribution is 7.19. The average Bonchev–Trinajstić information content (AvgIpc) is 3.15. The van der Waals surface area contributed by atoms with Gasteiger partial charge in [0.25, 0.3) is 0 Å². The summed E-state index contributed by atoms with van der Waals surface area (Å²) in [5.74, 6) is 0.855. The number of nitrogens with zero attached hydrogens (tertiary/aromatic N) is 2. The van der Waals surface area contributed by atoms with Crippen LogP contribution in [0.5, 0.6) is 0 Å². The molecule has 5 nitrogen and oxygen atoms in total. The number of thiophene rings is 1. The van der Waals surface area contributed by atoms with Gasteiger partial charge in [0.05, 0.1) is 36.1 Å². The molecule has 0 aliphatic heterocycles. The van der Waals surface area contributed by atoms with Crippen LogP contribution in [-0.4, -0.2) is 22.9 Å². The summed E-state index contributed by atoms with van der Waals surface area (Å²) in [6, 6.07) is 3.61. The van der Waals surface area contributed by atoms with Crippen LogP contribution in [0.1, 0.15) is 22.6 Å². The number of alkyl halides is 1. The van der Waals surface area contributed by atoms with E-state index >= 15 is 0 Å². The minimum absolute atomic E-state index is 0.167. The van der Waals surface area contributed by atoms with Crippen LogP contribution in [-0.2, 0) is 13.0 Å². The summed E-state index contributed by atoms with van der Waals surface area (Å²) in [4.78, 5) is 1.14. The van der Waals surface area contributed by atoms with Gasteiger partial charge in [0.15, 0.2) is 0 Å². The lowest BCUT2D eigenvalue weighted by atomic mass is 10.1. The number of halogens is 1. The smallest absolute Gasteiger partial charge is 0.122 e. The normalized spacial score (nSPS) is 12.7. The number of aryl methyl sites for hydroxylation is 1. The average molecular weight is 334 g/mol. The van der Waals surface area contributed by atoms with Gasteiger partial charge in [-0.25, -0.2) is 0 Å². The van der Waals surface area contributed by atoms with Crippen molar-refractivity contribution in [1.29, 1.82) is 0 Å². The fourth-order valence-electron chi connectivity index (χ4n) is 2.45. The number of hydrogen-bond acceptors (Lipinski definition) is 6. The summed E-state index contributed by atoms with van der Waals surface area (Å²) in [6.45, 7) is 2.21. The maximum Gasteiger partial charge on any atom is 0.122 e. The number of anilines is 1. The van der Waals surface area contributed by atoms with E-state index < -0.39 is 0 Å². The molecule has 0 aliphatic carbocycles. The highest BCUT2D eigenvalue weighted by Crippen LogP contribution is 2.34. The van der Waals surface area contributed by atoms with Crippen molar-refractivity contribution in [3.05, 3.63) is 40.8 Å². The molecule has 0 spiro atoms. The molecule has 3 N–H and O–H groups in total. The zero-order valence-electron chi connectivity index (χ0n) is 12.9. The third-order valence-electron chi connectivity index (χ3n) is 3.76. The lowest BCUT2D eigenvalue weighted by molar-refractivity contribution is 0.436. The zero-order valence-corrected chi connectivity index (χ0v) is 13.7. The fourth-order valence-corrected chi connectivity index (χ4v) is 3.77. The molecular formula is C16H19FN4OS. The van der Waals surface area contributed by atoms with Gasteiger partial charge in [-0.3, -0.25) is 4.39 Å². The van der Waals surface area contributed by atoms with Crippen LogP contribution in [0, 0.1) is 6.92 Å². The Bertz CT molecular complexity index is 772. The second kappa shape index (κ2) is 7.06. The molecule has 0 unspecified atom stereocenters. The fraction of sp³-hybridized carbons (Fsp3) is 0.375. The molecule has 0 bridgehead atoms. The number of fused-ring (bicyclic) bond motifs is 1. The first kappa shape index (κ1) is 15.9. The van der Waals surface area contributed by atoms with Gasteiger partial charge in [-0.15, -0.1) is 16.4 Å². The Labute approximate surface area is 137 Å². The molecule has 0 aliphatic rings. The molecular weight excluding hydrogens is 315 g/mol. The number of furan rings is 1. The number of nitrogens with one attached hydrogen (secondary N) is 1. The molecule has 0 saturated heterocycles. The Morgan fingerprint density at radius 2 is 2.35 bits per heavy atom. The Balaban J connectivity index is 1.85. The van der Waals surface area contributed by atoms with E-state index in [0.29, 0.717) is 19.4 Å². The predicted molar refractivity (Wildman–Crippen MR) is 90.5 cm³/mol. The van der Waals surface area contributed by atoms with Gasteiger partial charge in [-0.05, 0) is 37.5 Å². The molecule has 3 aromatic heterocycles. The molecule has 0 fully saturated rings. The largest absolute Gasteiger partial charge is 0.467 e. The van der Waals surface area contributed by atoms with Crippen molar-refractivity contribution in [1.82, 2.24) is 10.2 Å². The van der Waals surface area contributed by atoms with E-state index in [4.69, 9.17) is 10.2 Å². The predicted octanol–water partition coefficient (Wildman–Crippen LogP) is 3.43. The second-order valence-electron chi connectivity index (χ2n) is 5.46. The Kier molecular flexibility index (Phi) is 4.88. The molecule has 7 heteroatoms. The molecule has 3 rings (SSSR count). The van der Waals surface area contributed by atoms with Crippen LogP contribution in [0.4, 0.5) is 10.1 Å². The summed E-state index contributed by atoms with van der Waals surface area (Å²) < 4.78 is 18.8. The van der Waals surface area contributed by atoms with Crippen LogP contribution >= 0.6 is 11.3 Å². The van der Waals surface area contributed by atoms with Gasteiger partial charge >= 0.3 is 0 Å². The number of nitrogens with two attached hydrogens (primary N) is 1. The van der Waals surface area contributed by atoms with Crippen LogP contribution in [0.2, 0.25) is 0 Å². The van der Waals surface area contributed by atoms with Crippen molar-refractivity contribution in [3.8, 4) is 0 Å². The molecule has 122 valence electrons. The lowest BCUT2D eigenvalue weighted by Gasteiger charge is -2.07. The van der Waals surface area contributed by atoms with Crippen LogP contribution in [0.15, 0.2) is 29.0 Å². The summed E-state index contributed by atoms with van der Waals surface area (Å²) >= 11 is 1.64. The van der Waals surface area contributed by atoms with Gasteiger partial charge in [0, 0.05) is 10.9 Å². The molecule has 3 heterocycles. The maximum atomic E-state index is 12.4. The van der Waals surface area contributed by atoms with Crippen molar-refractivity contribution in [2.45, 2.75) is 32.4 Å². The zero-order chi connectivity index (χ0) is 16.2. The number of hydrogen-bond donors (Lipinski definition) is 2. The monoisotopic (exact) mass is 334 g/mol. The van der Waals surface area contributed by atoms with Crippen molar-refractivity contribution in [2.24, 2.45) is 5.73 Å². The van der Waals surface area contributed by atoms with Crippen LogP contribution in [0.3, 0.4) is 0 Å². The first-order valence-corrected chi connectivity index (χ1v) is 8.32. The van der Waals surface area contributed by atoms with Gasteiger partial charge in [0.2, 0.25) is 0 Å². The van der Waals surface area contributed by atoms with E-state index in [2.05, 4.69) is 15.5 Å². The highest BCUT2D eigenvalue weighted by atomic mass is 32.1. The highest BCUT2D eigenvalue weighted by Gasteiger charge is 2.16. The maximum absolute atomic E-state index is 12.4. The van der Waals surface area contributed by atoms with Crippen LogP contribution < -0.4 is 11.1 Å². The quantitative estimate of drug-likeness (QED) is 0.692. The Hall–Kier alpha value is -1.99. The summed E-state index contributed by atoms with van der Waals surface area (Å²) in [5, 5.41) is 11.6. The molecule has 23 heavy (non-hydrogen) atoms. The van der Waals surface area contributed by atoms with Gasteiger partial charge in [0.1, 0.15) is 11.3 Å². The number of rotatable bonds is 7. The second-order valence-corrected chi connectivity index (χ2v) is 6.57. The van der Waals surface area contributed by atoms with Crippen LogP contribution in [0.25, 0.3) is 10.2 Å². The van der Waals surface area contributed by atoms with Crippen molar-refractivity contribution in [3.63, 3.8) is 0 Å². The molecule has 1 atom stereocenters. The standard InChI is InChI=1S/C16H19FN4OS/c1-10-14(7-11(18)4-5-17)23-16-13(9-20-21-15(10)16)19-8-12-3-2-6-22-12/h2-3,6,9,11H,4-5,7-8,18H2,1H3,(H,19,21)/t11-/m0/s1. The van der Waals surface area contributed by atoms with E-state index in [1.807, 2.05) is 19.1 Å². The van der Waals surface area contributed by atoms with Gasteiger partial charge in [-0.1, -0.05) is 0 Å². The van der Waals surface area contributed by atoms with E-state index in [1.54, 1.807) is 23.8 Å². The first-order chi connectivity index (χ1) is 11.2.